The van der Waals surface area contributed by atoms with Crippen molar-refractivity contribution in [1.29, 1.82) is 0 Å². The third kappa shape index (κ3) is 3.84. The molecule has 0 spiro atoms. The van der Waals surface area contributed by atoms with E-state index in [9.17, 15) is 9.59 Å². The molecule has 29 heavy (non-hydrogen) atoms. The van der Waals surface area contributed by atoms with Crippen LogP contribution in [0.1, 0.15) is 18.2 Å². The third-order valence-electron chi connectivity index (χ3n) is 4.80. The second kappa shape index (κ2) is 8.01. The summed E-state index contributed by atoms with van der Waals surface area (Å²) in [5, 5.41) is 4.39. The molecule has 0 radical (unpaired) electrons. The summed E-state index contributed by atoms with van der Waals surface area (Å²) >= 11 is 6.00. The molecule has 7 heteroatoms. The van der Waals surface area contributed by atoms with Crippen LogP contribution in [0.15, 0.2) is 54.7 Å². The monoisotopic (exact) mass is 409 g/mol. The molecule has 148 valence electrons. The topological polar surface area (TPSA) is 74.4 Å². The molecular formula is C22H20ClN3O3. The van der Waals surface area contributed by atoms with E-state index < -0.39 is 5.97 Å². The molecule has 0 saturated heterocycles. The molecule has 2 N–H and O–H groups in total. The minimum atomic E-state index is -0.470. The summed E-state index contributed by atoms with van der Waals surface area (Å²) in [5.41, 5.74) is 3.56. The van der Waals surface area contributed by atoms with Crippen LogP contribution in [0.25, 0.3) is 16.5 Å². The van der Waals surface area contributed by atoms with Gasteiger partial charge in [-0.15, -0.1) is 0 Å². The van der Waals surface area contributed by atoms with Crippen LogP contribution in [-0.2, 0) is 16.0 Å². The van der Waals surface area contributed by atoms with Gasteiger partial charge in [0.25, 0.3) is 0 Å². The van der Waals surface area contributed by atoms with Gasteiger partial charge < -0.3 is 15.0 Å². The van der Waals surface area contributed by atoms with E-state index in [-0.39, 0.29) is 12.6 Å². The minimum Gasteiger partial charge on any atom is -0.462 e. The lowest BCUT2D eigenvalue weighted by Crippen LogP contribution is -2.32. The molecule has 2 amide bonds. The largest absolute Gasteiger partial charge is 0.462 e. The van der Waals surface area contributed by atoms with Crippen LogP contribution in [0.4, 0.5) is 10.5 Å². The summed E-state index contributed by atoms with van der Waals surface area (Å²) in [7, 11) is 0. The fourth-order valence-electron chi connectivity index (χ4n) is 3.49. The molecule has 0 atom stereocenters. The van der Waals surface area contributed by atoms with Gasteiger partial charge in [0.15, 0.2) is 0 Å². The Morgan fingerprint density at radius 3 is 2.83 bits per heavy atom. The zero-order chi connectivity index (χ0) is 20.4. The van der Waals surface area contributed by atoms with Gasteiger partial charge in [-0.3, -0.25) is 4.90 Å². The molecule has 2 heterocycles. The molecule has 0 bridgehead atoms. The lowest BCUT2D eigenvalue weighted by atomic mass is 10.0. The minimum absolute atomic E-state index is 0.250. The van der Waals surface area contributed by atoms with Crippen LogP contribution in [-0.4, -0.2) is 35.0 Å². The molecule has 1 aliphatic rings. The second-order valence-electron chi connectivity index (χ2n) is 6.67. The van der Waals surface area contributed by atoms with E-state index >= 15 is 0 Å². The lowest BCUT2D eigenvalue weighted by molar-refractivity contribution is -0.136. The van der Waals surface area contributed by atoms with Crippen molar-refractivity contribution >= 4 is 45.8 Å². The Morgan fingerprint density at radius 1 is 1.21 bits per heavy atom. The Kier molecular flexibility index (Phi) is 5.27. The highest BCUT2D eigenvalue weighted by atomic mass is 35.5. The molecule has 0 saturated carbocycles. The van der Waals surface area contributed by atoms with Crippen molar-refractivity contribution in [3.8, 4) is 0 Å². The van der Waals surface area contributed by atoms with Gasteiger partial charge in [0.05, 0.1) is 17.9 Å². The van der Waals surface area contributed by atoms with E-state index in [0.29, 0.717) is 34.9 Å². The molecular weight excluding hydrogens is 390 g/mol. The molecule has 2 aromatic carbocycles. The number of aromatic amines is 1. The first-order valence-corrected chi connectivity index (χ1v) is 9.76. The lowest BCUT2D eigenvalue weighted by Gasteiger charge is -2.18. The quantitative estimate of drug-likeness (QED) is 0.609. The number of carbonyl (C=O) groups excluding carboxylic acids is 2. The average Bonchev–Trinajstić information content (AvgIpc) is 2.95. The van der Waals surface area contributed by atoms with Crippen LogP contribution in [0.5, 0.6) is 0 Å². The molecule has 0 aliphatic carbocycles. The second-order valence-corrected chi connectivity index (χ2v) is 7.11. The number of rotatable bonds is 3. The first kappa shape index (κ1) is 19.1. The molecule has 6 nitrogen and oxygen atoms in total. The smallest absolute Gasteiger partial charge is 0.341 e. The Hall–Kier alpha value is -3.25. The summed E-state index contributed by atoms with van der Waals surface area (Å²) in [6.07, 6.45) is 2.15. The maximum absolute atomic E-state index is 12.9. The maximum Gasteiger partial charge on any atom is 0.341 e. The van der Waals surface area contributed by atoms with E-state index in [2.05, 4.69) is 10.3 Å². The number of carbonyl (C=O) groups is 2. The van der Waals surface area contributed by atoms with E-state index in [0.717, 1.165) is 16.5 Å². The van der Waals surface area contributed by atoms with Gasteiger partial charge >= 0.3 is 12.0 Å². The number of aromatic nitrogens is 1. The van der Waals surface area contributed by atoms with E-state index in [1.165, 1.54) is 4.90 Å². The van der Waals surface area contributed by atoms with Crippen molar-refractivity contribution in [2.75, 3.05) is 18.5 Å². The summed E-state index contributed by atoms with van der Waals surface area (Å²) in [4.78, 5) is 30.3. The van der Waals surface area contributed by atoms with Crippen molar-refractivity contribution in [2.45, 2.75) is 13.3 Å². The van der Waals surface area contributed by atoms with Crippen molar-refractivity contribution in [3.63, 3.8) is 0 Å². The Balaban J connectivity index is 1.70. The van der Waals surface area contributed by atoms with Crippen LogP contribution >= 0.6 is 11.6 Å². The van der Waals surface area contributed by atoms with E-state index in [1.54, 1.807) is 37.4 Å². The normalized spacial score (nSPS) is 13.4. The van der Waals surface area contributed by atoms with Crippen LogP contribution in [0.2, 0.25) is 5.02 Å². The Bertz CT molecular complexity index is 1120. The van der Waals surface area contributed by atoms with Crippen molar-refractivity contribution in [1.82, 2.24) is 9.88 Å². The van der Waals surface area contributed by atoms with Gasteiger partial charge in [-0.25, -0.2) is 9.59 Å². The molecule has 4 rings (SSSR count). The summed E-state index contributed by atoms with van der Waals surface area (Å²) in [6.45, 7) is 2.43. The Morgan fingerprint density at radius 2 is 2.03 bits per heavy atom. The van der Waals surface area contributed by atoms with Crippen LogP contribution in [0.3, 0.4) is 0 Å². The van der Waals surface area contributed by atoms with Crippen molar-refractivity contribution < 1.29 is 14.3 Å². The summed E-state index contributed by atoms with van der Waals surface area (Å²) in [5.74, 6) is -0.470. The number of H-pyrrole nitrogens is 1. The van der Waals surface area contributed by atoms with Gasteiger partial charge in [-0.05, 0) is 43.2 Å². The molecule has 0 unspecified atom stereocenters. The maximum atomic E-state index is 12.9. The van der Waals surface area contributed by atoms with Gasteiger partial charge in [-0.2, -0.15) is 0 Å². The number of hydrogen-bond donors (Lipinski definition) is 2. The number of benzene rings is 2. The fourth-order valence-corrected chi connectivity index (χ4v) is 3.68. The SMILES string of the molecule is CCOC(=O)C1=CN(C(=O)Nc2cccc(Cl)c2)CCc2c1[nH]c1ccccc21. The predicted molar refractivity (Wildman–Crippen MR) is 114 cm³/mol. The first-order chi connectivity index (χ1) is 14.1. The van der Waals surface area contributed by atoms with Crippen LogP contribution < -0.4 is 5.32 Å². The Labute approximate surface area is 173 Å². The predicted octanol–water partition coefficient (Wildman–Crippen LogP) is 4.82. The number of esters is 1. The highest BCUT2D eigenvalue weighted by Gasteiger charge is 2.27. The summed E-state index contributed by atoms with van der Waals surface area (Å²) in [6, 6.07) is 14.5. The van der Waals surface area contributed by atoms with Gasteiger partial charge in [-0.1, -0.05) is 35.9 Å². The van der Waals surface area contributed by atoms with Gasteiger partial charge in [0, 0.05) is 34.4 Å². The average molecular weight is 410 g/mol. The molecule has 3 aromatic rings. The zero-order valence-corrected chi connectivity index (χ0v) is 16.6. The number of para-hydroxylation sites is 1. The molecule has 1 aliphatic heterocycles. The number of fused-ring (bicyclic) bond motifs is 3. The van der Waals surface area contributed by atoms with Crippen molar-refractivity contribution in [2.24, 2.45) is 0 Å². The number of amides is 2. The fraction of sp³-hybridized carbons (Fsp3) is 0.182. The number of nitrogens with one attached hydrogen (secondary N) is 2. The molecule has 1 aromatic heterocycles. The molecule has 0 fully saturated rings. The number of ether oxygens (including phenoxy) is 1. The number of halogens is 1. The summed E-state index contributed by atoms with van der Waals surface area (Å²) < 4.78 is 5.25. The third-order valence-corrected chi connectivity index (χ3v) is 5.04. The van der Waals surface area contributed by atoms with Crippen molar-refractivity contribution in [3.05, 3.63) is 71.0 Å². The number of urea groups is 1. The first-order valence-electron chi connectivity index (χ1n) is 9.39. The van der Waals surface area contributed by atoms with Gasteiger partial charge in [0.2, 0.25) is 0 Å². The standard InChI is InChI=1S/C22H20ClN3O3/c1-2-29-21(27)18-13-26(22(28)24-15-7-5-6-14(23)12-15)11-10-17-16-8-3-4-9-19(16)25-20(17)18/h3-9,12-13,25H,2,10-11H2,1H3,(H,24,28). The number of hydrogen-bond acceptors (Lipinski definition) is 3. The zero-order valence-electron chi connectivity index (χ0n) is 15.9. The van der Waals surface area contributed by atoms with Gasteiger partial charge in [0.1, 0.15) is 0 Å². The van der Waals surface area contributed by atoms with Crippen LogP contribution in [0, 0.1) is 0 Å². The highest BCUT2D eigenvalue weighted by molar-refractivity contribution is 6.30. The number of nitrogens with zero attached hydrogens (tertiary/aromatic N) is 1. The highest BCUT2D eigenvalue weighted by Crippen LogP contribution is 2.31. The van der Waals surface area contributed by atoms with E-state index in [4.69, 9.17) is 16.3 Å². The van der Waals surface area contributed by atoms with E-state index in [1.807, 2.05) is 24.3 Å². The number of anilines is 1.